The molecule has 5 aromatic rings. The molecule has 1 unspecified atom stereocenters. The number of carboxylic acid groups (broad SMARTS) is 1. The lowest BCUT2D eigenvalue weighted by atomic mass is 9.98. The van der Waals surface area contributed by atoms with Gasteiger partial charge in [-0.3, -0.25) is 0 Å². The minimum atomic E-state index is -1.08. The van der Waals surface area contributed by atoms with Crippen LogP contribution in [0.15, 0.2) is 91.0 Å². The average molecular weight is 570 g/mol. The summed E-state index contributed by atoms with van der Waals surface area (Å²) in [7, 11) is 0. The molecule has 0 saturated carbocycles. The van der Waals surface area contributed by atoms with Crippen molar-refractivity contribution in [3.63, 3.8) is 0 Å². The van der Waals surface area contributed by atoms with Crippen LogP contribution in [0.3, 0.4) is 0 Å². The minimum absolute atomic E-state index is 0.240. The third kappa shape index (κ3) is 6.49. The summed E-state index contributed by atoms with van der Waals surface area (Å²) in [6.45, 7) is 5.21. The first kappa shape index (κ1) is 27.7. The molecule has 7 heteroatoms. The van der Waals surface area contributed by atoms with Crippen LogP contribution in [0.2, 0.25) is 0 Å². The van der Waals surface area contributed by atoms with Crippen molar-refractivity contribution < 1.29 is 19.4 Å². The van der Waals surface area contributed by atoms with Crippen LogP contribution in [0, 0.1) is 0 Å². The van der Waals surface area contributed by atoms with Gasteiger partial charge >= 0.3 is 12.1 Å². The van der Waals surface area contributed by atoms with Gasteiger partial charge in [0.15, 0.2) is 0 Å². The minimum Gasteiger partial charge on any atom is -0.480 e. The van der Waals surface area contributed by atoms with Gasteiger partial charge in [-0.1, -0.05) is 84.9 Å². The molecule has 0 saturated heterocycles. The number of alkyl carbamates (subject to hydrolysis) is 1. The molecule has 0 fully saturated rings. The number of hydrogen-bond acceptors (Lipinski definition) is 5. The molecule has 0 aliphatic rings. The molecular formula is C33H31NO4S2. The van der Waals surface area contributed by atoms with Gasteiger partial charge < -0.3 is 15.2 Å². The van der Waals surface area contributed by atoms with E-state index in [9.17, 15) is 14.7 Å². The normalized spacial score (nSPS) is 12.4. The van der Waals surface area contributed by atoms with Crippen molar-refractivity contribution in [2.24, 2.45) is 0 Å². The fourth-order valence-corrected chi connectivity index (χ4v) is 6.78. The van der Waals surface area contributed by atoms with Crippen molar-refractivity contribution in [2.45, 2.75) is 38.2 Å². The molecule has 0 bridgehead atoms. The average Bonchev–Trinajstić information content (AvgIpc) is 3.31. The molecule has 1 heterocycles. The molecule has 0 aliphatic carbocycles. The van der Waals surface area contributed by atoms with Crippen LogP contribution in [-0.4, -0.2) is 34.6 Å². The molecule has 40 heavy (non-hydrogen) atoms. The lowest BCUT2D eigenvalue weighted by molar-refractivity contribution is -0.138. The van der Waals surface area contributed by atoms with E-state index in [1.165, 1.54) is 43.1 Å². The number of ether oxygens (including phenoxy) is 1. The van der Waals surface area contributed by atoms with Crippen molar-refractivity contribution in [3.05, 3.63) is 96.6 Å². The second-order valence-corrected chi connectivity index (χ2v) is 12.7. The molecule has 4 aromatic carbocycles. The largest absolute Gasteiger partial charge is 0.480 e. The number of carbonyl (C=O) groups is 2. The molecule has 1 amide bonds. The van der Waals surface area contributed by atoms with Crippen molar-refractivity contribution in [3.8, 4) is 22.3 Å². The van der Waals surface area contributed by atoms with E-state index < -0.39 is 23.7 Å². The summed E-state index contributed by atoms with van der Waals surface area (Å²) in [6, 6.07) is 31.0. The SMILES string of the molecule is CC(C)(C)OC(=O)NC(CSCc1ccc(-c2ccc(-c3cccc4c3sc3ccccc34)cc2)cc1)C(=O)O. The van der Waals surface area contributed by atoms with E-state index in [2.05, 4.69) is 96.3 Å². The second-order valence-electron chi connectivity index (χ2n) is 10.6. The van der Waals surface area contributed by atoms with E-state index in [1.54, 1.807) is 20.8 Å². The second kappa shape index (κ2) is 11.7. The number of benzene rings is 4. The third-order valence-electron chi connectivity index (χ3n) is 6.43. The van der Waals surface area contributed by atoms with Crippen molar-refractivity contribution >= 4 is 55.3 Å². The maximum Gasteiger partial charge on any atom is 0.408 e. The Morgan fingerprint density at radius 2 is 1.48 bits per heavy atom. The monoisotopic (exact) mass is 569 g/mol. The summed E-state index contributed by atoms with van der Waals surface area (Å²) in [4.78, 5) is 23.6. The van der Waals surface area contributed by atoms with Crippen LogP contribution in [0.5, 0.6) is 0 Å². The van der Waals surface area contributed by atoms with E-state index in [4.69, 9.17) is 4.74 Å². The van der Waals surface area contributed by atoms with Gasteiger partial charge in [0.25, 0.3) is 0 Å². The zero-order chi connectivity index (χ0) is 28.3. The van der Waals surface area contributed by atoms with Crippen LogP contribution in [0.1, 0.15) is 26.3 Å². The predicted molar refractivity (Wildman–Crippen MR) is 167 cm³/mol. The Balaban J connectivity index is 1.22. The standard InChI is InChI=1S/C33H31NO4S2/c1-33(2,3)38-32(37)34-28(31(35)36)20-39-19-21-11-13-22(14-12-21)23-15-17-24(18-16-23)25-8-6-9-27-26-7-4-5-10-29(26)40-30(25)27/h4-18,28H,19-20H2,1-3H3,(H,34,37)(H,35,36). The highest BCUT2D eigenvalue weighted by Gasteiger charge is 2.24. The van der Waals surface area contributed by atoms with Crippen LogP contribution in [0.25, 0.3) is 42.4 Å². The Hall–Kier alpha value is -3.81. The number of carbonyl (C=O) groups excluding carboxylic acids is 1. The van der Waals surface area contributed by atoms with E-state index in [-0.39, 0.29) is 5.75 Å². The molecule has 0 aliphatic heterocycles. The number of carboxylic acids is 1. The zero-order valence-electron chi connectivity index (χ0n) is 22.6. The molecule has 1 aromatic heterocycles. The number of aliphatic carboxylic acids is 1. The van der Waals surface area contributed by atoms with E-state index in [1.807, 2.05) is 11.3 Å². The van der Waals surface area contributed by atoms with Crippen LogP contribution in [0.4, 0.5) is 4.79 Å². The Labute approximate surface area is 242 Å². The fourth-order valence-electron chi connectivity index (χ4n) is 4.53. The summed E-state index contributed by atoms with van der Waals surface area (Å²) in [5, 5.41) is 14.5. The number of thiophene rings is 1. The van der Waals surface area contributed by atoms with E-state index >= 15 is 0 Å². The Bertz CT molecular complexity index is 1650. The molecule has 5 rings (SSSR count). The van der Waals surface area contributed by atoms with Gasteiger partial charge in [-0.15, -0.1) is 11.3 Å². The van der Waals surface area contributed by atoms with Gasteiger partial charge in [0.2, 0.25) is 0 Å². The number of nitrogens with one attached hydrogen (secondary N) is 1. The number of thioether (sulfide) groups is 1. The first-order valence-corrected chi connectivity index (χ1v) is 15.1. The summed E-state index contributed by atoms with van der Waals surface area (Å²) in [6.07, 6.45) is -0.726. The van der Waals surface area contributed by atoms with Crippen molar-refractivity contribution in [2.75, 3.05) is 5.75 Å². The number of fused-ring (bicyclic) bond motifs is 3. The Kier molecular flexibility index (Phi) is 8.14. The van der Waals surface area contributed by atoms with Gasteiger partial charge in [0.1, 0.15) is 11.6 Å². The Morgan fingerprint density at radius 1 is 0.850 bits per heavy atom. The highest BCUT2D eigenvalue weighted by atomic mass is 32.2. The summed E-state index contributed by atoms with van der Waals surface area (Å²) in [5.41, 5.74) is 5.10. The fraction of sp³-hybridized carbons (Fsp3) is 0.212. The molecular weight excluding hydrogens is 539 g/mol. The highest BCUT2D eigenvalue weighted by molar-refractivity contribution is 7.98. The predicted octanol–water partition coefficient (Wildman–Crippen LogP) is 8.60. The summed E-state index contributed by atoms with van der Waals surface area (Å²) in [5.74, 6) is -0.205. The molecule has 2 N–H and O–H groups in total. The van der Waals surface area contributed by atoms with Gasteiger partial charge in [-0.25, -0.2) is 9.59 Å². The van der Waals surface area contributed by atoms with Gasteiger partial charge in [-0.05, 0) is 54.7 Å². The molecule has 204 valence electrons. The lowest BCUT2D eigenvalue weighted by Gasteiger charge is -2.21. The Morgan fingerprint density at radius 3 is 2.15 bits per heavy atom. The van der Waals surface area contributed by atoms with E-state index in [0.717, 1.165) is 16.7 Å². The smallest absolute Gasteiger partial charge is 0.408 e. The van der Waals surface area contributed by atoms with Crippen LogP contribution in [-0.2, 0) is 15.3 Å². The van der Waals surface area contributed by atoms with Gasteiger partial charge in [0, 0.05) is 31.7 Å². The van der Waals surface area contributed by atoms with Gasteiger partial charge in [-0.2, -0.15) is 11.8 Å². The van der Waals surface area contributed by atoms with Crippen LogP contribution >= 0.6 is 23.1 Å². The molecule has 0 radical (unpaired) electrons. The summed E-state index contributed by atoms with van der Waals surface area (Å²) >= 11 is 3.29. The molecule has 1 atom stereocenters. The zero-order valence-corrected chi connectivity index (χ0v) is 24.3. The molecule has 0 spiro atoms. The number of rotatable bonds is 8. The van der Waals surface area contributed by atoms with Crippen molar-refractivity contribution in [1.29, 1.82) is 0 Å². The maximum absolute atomic E-state index is 12.0. The first-order valence-electron chi connectivity index (χ1n) is 13.1. The van der Waals surface area contributed by atoms with Crippen LogP contribution < -0.4 is 5.32 Å². The lowest BCUT2D eigenvalue weighted by Crippen LogP contribution is -2.44. The summed E-state index contributed by atoms with van der Waals surface area (Å²) < 4.78 is 7.79. The number of amides is 1. The highest BCUT2D eigenvalue weighted by Crippen LogP contribution is 2.40. The quantitative estimate of drug-likeness (QED) is 0.196. The van der Waals surface area contributed by atoms with E-state index in [0.29, 0.717) is 5.75 Å². The third-order valence-corrected chi connectivity index (χ3v) is 8.76. The first-order chi connectivity index (χ1) is 19.2. The number of hydrogen-bond donors (Lipinski definition) is 2. The topological polar surface area (TPSA) is 75.6 Å². The van der Waals surface area contributed by atoms with Crippen molar-refractivity contribution in [1.82, 2.24) is 5.32 Å². The molecule has 5 nitrogen and oxygen atoms in total. The maximum atomic E-state index is 12.0. The van der Waals surface area contributed by atoms with Gasteiger partial charge in [0.05, 0.1) is 0 Å².